The average Bonchev–Trinajstić information content (AvgIpc) is 2.78. The summed E-state index contributed by atoms with van der Waals surface area (Å²) in [6, 6.07) is 25.2. The van der Waals surface area contributed by atoms with Crippen LogP contribution >= 0.6 is 0 Å². The lowest BCUT2D eigenvalue weighted by Gasteiger charge is -2.36. The van der Waals surface area contributed by atoms with Crippen molar-refractivity contribution in [1.29, 1.82) is 0 Å². The van der Waals surface area contributed by atoms with Gasteiger partial charge in [-0.1, -0.05) is 54.6 Å². The lowest BCUT2D eigenvalue weighted by atomic mass is 9.98. The van der Waals surface area contributed by atoms with Crippen LogP contribution in [0.5, 0.6) is 5.75 Å². The van der Waals surface area contributed by atoms with E-state index in [4.69, 9.17) is 4.74 Å². The number of ether oxygens (including phenoxy) is 1. The minimum absolute atomic E-state index is 0.254. The van der Waals surface area contributed by atoms with Crippen molar-refractivity contribution in [2.24, 2.45) is 0 Å². The van der Waals surface area contributed by atoms with Gasteiger partial charge in [-0.15, -0.1) is 0 Å². The van der Waals surface area contributed by atoms with E-state index >= 15 is 0 Å². The molecule has 0 spiro atoms. The van der Waals surface area contributed by atoms with Crippen LogP contribution in [0, 0.1) is 0 Å². The van der Waals surface area contributed by atoms with E-state index in [1.807, 2.05) is 18.3 Å². The molecule has 1 aliphatic heterocycles. The summed E-state index contributed by atoms with van der Waals surface area (Å²) >= 11 is 0. The number of hydrogen-bond donors (Lipinski definition) is 1. The van der Waals surface area contributed by atoms with E-state index in [-0.39, 0.29) is 6.04 Å². The molecular weight excluding hydrogens is 346 g/mol. The third-order valence-electron chi connectivity index (χ3n) is 5.24. The van der Waals surface area contributed by atoms with E-state index in [0.717, 1.165) is 44.0 Å². The molecule has 1 atom stereocenters. The fourth-order valence-electron chi connectivity index (χ4n) is 3.77. The highest BCUT2D eigenvalue weighted by molar-refractivity contribution is 5.37. The van der Waals surface area contributed by atoms with Crippen LogP contribution < -0.4 is 10.1 Å². The highest BCUT2D eigenvalue weighted by Crippen LogP contribution is 2.32. The van der Waals surface area contributed by atoms with Gasteiger partial charge in [0.05, 0.1) is 0 Å². The van der Waals surface area contributed by atoms with Crippen LogP contribution in [-0.2, 0) is 13.0 Å². The molecule has 28 heavy (non-hydrogen) atoms. The molecule has 1 aromatic heterocycles. The number of para-hydroxylation sites is 1. The molecule has 0 radical (unpaired) electrons. The van der Waals surface area contributed by atoms with E-state index in [0.29, 0.717) is 6.61 Å². The number of nitrogens with zero attached hydrogens (tertiary/aromatic N) is 2. The molecule has 2 aromatic carbocycles. The maximum Gasteiger partial charge on any atom is 0.124 e. The van der Waals surface area contributed by atoms with Crippen LogP contribution in [0.3, 0.4) is 0 Å². The maximum atomic E-state index is 6.27. The van der Waals surface area contributed by atoms with Crippen molar-refractivity contribution < 1.29 is 4.74 Å². The van der Waals surface area contributed by atoms with Gasteiger partial charge in [0.1, 0.15) is 12.4 Å². The van der Waals surface area contributed by atoms with Gasteiger partial charge in [0.2, 0.25) is 0 Å². The number of aromatic nitrogens is 1. The van der Waals surface area contributed by atoms with Crippen molar-refractivity contribution in [3.05, 3.63) is 95.8 Å². The van der Waals surface area contributed by atoms with Crippen molar-refractivity contribution in [2.45, 2.75) is 19.1 Å². The molecule has 1 N–H and O–H groups in total. The van der Waals surface area contributed by atoms with Gasteiger partial charge < -0.3 is 10.1 Å². The molecular formula is C24H27N3O. The zero-order chi connectivity index (χ0) is 19.0. The molecule has 1 aliphatic rings. The van der Waals surface area contributed by atoms with Gasteiger partial charge in [0.15, 0.2) is 0 Å². The number of hydrogen-bond acceptors (Lipinski definition) is 4. The fourth-order valence-corrected chi connectivity index (χ4v) is 3.77. The average molecular weight is 374 g/mol. The summed E-state index contributed by atoms with van der Waals surface area (Å²) in [6.45, 7) is 4.68. The molecule has 0 bridgehead atoms. The predicted octanol–water partition coefficient (Wildman–Crippen LogP) is 3.85. The molecule has 2 heterocycles. The second-order valence-electron chi connectivity index (χ2n) is 7.14. The molecule has 1 saturated heterocycles. The van der Waals surface area contributed by atoms with Gasteiger partial charge in [-0.2, -0.15) is 0 Å². The van der Waals surface area contributed by atoms with Crippen LogP contribution in [0.1, 0.15) is 22.9 Å². The monoisotopic (exact) mass is 373 g/mol. The largest absolute Gasteiger partial charge is 0.489 e. The third kappa shape index (κ3) is 4.77. The van der Waals surface area contributed by atoms with E-state index in [2.05, 4.69) is 75.9 Å². The molecule has 3 aromatic rings. The van der Waals surface area contributed by atoms with Crippen molar-refractivity contribution in [2.75, 3.05) is 26.2 Å². The lowest BCUT2D eigenvalue weighted by molar-refractivity contribution is 0.167. The van der Waals surface area contributed by atoms with Crippen molar-refractivity contribution in [1.82, 2.24) is 15.2 Å². The third-order valence-corrected chi connectivity index (χ3v) is 5.24. The minimum Gasteiger partial charge on any atom is -0.489 e. The Bertz CT molecular complexity index is 848. The Labute approximate surface area is 167 Å². The Hall–Kier alpha value is -2.69. The maximum absolute atomic E-state index is 6.27. The quantitative estimate of drug-likeness (QED) is 0.683. The normalized spacial score (nSPS) is 15.9. The van der Waals surface area contributed by atoms with Crippen LogP contribution in [0.2, 0.25) is 0 Å². The molecule has 4 rings (SSSR count). The summed E-state index contributed by atoms with van der Waals surface area (Å²) < 4.78 is 6.27. The first-order chi connectivity index (χ1) is 13.9. The lowest BCUT2D eigenvalue weighted by Crippen LogP contribution is -2.45. The number of rotatable bonds is 7. The first-order valence-corrected chi connectivity index (χ1v) is 10.0. The second-order valence-corrected chi connectivity index (χ2v) is 7.14. The van der Waals surface area contributed by atoms with Gasteiger partial charge in [0, 0.05) is 56.1 Å². The summed E-state index contributed by atoms with van der Waals surface area (Å²) in [4.78, 5) is 7.13. The topological polar surface area (TPSA) is 37.4 Å². The van der Waals surface area contributed by atoms with Gasteiger partial charge in [0.25, 0.3) is 0 Å². The Morgan fingerprint density at radius 2 is 1.64 bits per heavy atom. The number of benzene rings is 2. The summed E-state index contributed by atoms with van der Waals surface area (Å²) in [5, 5.41) is 3.46. The Kier molecular flexibility index (Phi) is 6.32. The first kappa shape index (κ1) is 18.7. The Balaban J connectivity index is 1.59. The predicted molar refractivity (Wildman–Crippen MR) is 112 cm³/mol. The molecule has 4 heteroatoms. The SMILES string of the molecule is c1ccc(COc2ccccc2C(Cc2ccccn2)N2CCNCC2)cc1. The molecule has 4 nitrogen and oxygen atoms in total. The second kappa shape index (κ2) is 9.49. The number of piperazine rings is 1. The standard InChI is InChI=1S/C24H27N3O/c1-2-8-20(9-3-1)19-28-24-12-5-4-11-22(24)23(27-16-14-25-15-17-27)18-21-10-6-7-13-26-21/h1-13,23,25H,14-19H2. The van der Waals surface area contributed by atoms with Gasteiger partial charge in [-0.3, -0.25) is 9.88 Å². The van der Waals surface area contributed by atoms with Crippen molar-refractivity contribution in [3.63, 3.8) is 0 Å². The zero-order valence-electron chi connectivity index (χ0n) is 16.1. The van der Waals surface area contributed by atoms with Crippen molar-refractivity contribution in [3.8, 4) is 5.75 Å². The van der Waals surface area contributed by atoms with Crippen molar-refractivity contribution >= 4 is 0 Å². The fraction of sp³-hybridized carbons (Fsp3) is 0.292. The summed E-state index contributed by atoms with van der Waals surface area (Å²) in [7, 11) is 0. The van der Waals surface area contributed by atoms with Gasteiger partial charge in [-0.25, -0.2) is 0 Å². The van der Waals surface area contributed by atoms with E-state index < -0.39 is 0 Å². The molecule has 144 valence electrons. The van der Waals surface area contributed by atoms with Crippen LogP contribution in [0.4, 0.5) is 0 Å². The van der Waals surface area contributed by atoms with E-state index in [1.54, 1.807) is 0 Å². The molecule has 1 unspecified atom stereocenters. The molecule has 0 amide bonds. The Morgan fingerprint density at radius 1 is 0.893 bits per heavy atom. The summed E-state index contributed by atoms with van der Waals surface area (Å²) in [5.74, 6) is 0.964. The molecule has 0 aliphatic carbocycles. The number of pyridine rings is 1. The zero-order valence-corrected chi connectivity index (χ0v) is 16.1. The smallest absolute Gasteiger partial charge is 0.124 e. The summed E-state index contributed by atoms with van der Waals surface area (Å²) in [6.07, 6.45) is 2.76. The first-order valence-electron chi connectivity index (χ1n) is 10.0. The van der Waals surface area contributed by atoms with Gasteiger partial charge in [-0.05, 0) is 23.8 Å². The van der Waals surface area contributed by atoms with Crippen LogP contribution in [0.25, 0.3) is 0 Å². The summed E-state index contributed by atoms with van der Waals surface area (Å²) in [5.41, 5.74) is 3.54. The van der Waals surface area contributed by atoms with Crippen LogP contribution in [0.15, 0.2) is 79.0 Å². The Morgan fingerprint density at radius 3 is 2.43 bits per heavy atom. The minimum atomic E-state index is 0.254. The molecule has 0 saturated carbocycles. The number of nitrogens with one attached hydrogen (secondary N) is 1. The highest BCUT2D eigenvalue weighted by Gasteiger charge is 2.25. The molecule has 1 fully saturated rings. The van der Waals surface area contributed by atoms with Crippen LogP contribution in [-0.4, -0.2) is 36.1 Å². The van der Waals surface area contributed by atoms with E-state index in [1.165, 1.54) is 11.1 Å². The van der Waals surface area contributed by atoms with Gasteiger partial charge >= 0.3 is 0 Å². The van der Waals surface area contributed by atoms with E-state index in [9.17, 15) is 0 Å². The highest BCUT2D eigenvalue weighted by atomic mass is 16.5.